The SMILES string of the molecule is CCC(=O)c1ccccc1Oc1ccc(F)cc1C. The number of aryl methyl sites for hydroxylation is 1. The Kier molecular flexibility index (Phi) is 3.95. The second kappa shape index (κ2) is 5.65. The smallest absolute Gasteiger partial charge is 0.166 e. The molecule has 0 saturated carbocycles. The fourth-order valence-corrected chi connectivity index (χ4v) is 1.82. The minimum absolute atomic E-state index is 0.0235. The number of para-hydroxylation sites is 1. The van der Waals surface area contributed by atoms with E-state index in [0.717, 1.165) is 0 Å². The normalized spacial score (nSPS) is 10.3. The summed E-state index contributed by atoms with van der Waals surface area (Å²) in [6, 6.07) is 11.4. The number of ketones is 1. The van der Waals surface area contributed by atoms with Gasteiger partial charge in [-0.05, 0) is 42.8 Å². The van der Waals surface area contributed by atoms with Crippen molar-refractivity contribution in [2.24, 2.45) is 0 Å². The minimum Gasteiger partial charge on any atom is -0.456 e. The molecule has 0 unspecified atom stereocenters. The molecular weight excluding hydrogens is 243 g/mol. The van der Waals surface area contributed by atoms with E-state index >= 15 is 0 Å². The van der Waals surface area contributed by atoms with Crippen LogP contribution in [0.1, 0.15) is 29.3 Å². The summed E-state index contributed by atoms with van der Waals surface area (Å²) in [5.41, 5.74) is 1.24. The van der Waals surface area contributed by atoms with Gasteiger partial charge in [0.05, 0.1) is 5.56 Å². The minimum atomic E-state index is -0.303. The third-order valence-electron chi connectivity index (χ3n) is 2.87. The predicted octanol–water partition coefficient (Wildman–Crippen LogP) is 4.52. The van der Waals surface area contributed by atoms with Crippen LogP contribution in [0.3, 0.4) is 0 Å². The van der Waals surface area contributed by atoms with Crippen LogP contribution >= 0.6 is 0 Å². The average Bonchev–Trinajstić information content (AvgIpc) is 2.41. The summed E-state index contributed by atoms with van der Waals surface area (Å²) in [6.45, 7) is 3.57. The molecule has 0 spiro atoms. The van der Waals surface area contributed by atoms with Crippen molar-refractivity contribution in [2.45, 2.75) is 20.3 Å². The number of hydrogen-bond acceptors (Lipinski definition) is 2. The zero-order chi connectivity index (χ0) is 13.8. The van der Waals surface area contributed by atoms with Gasteiger partial charge in [0.25, 0.3) is 0 Å². The van der Waals surface area contributed by atoms with Gasteiger partial charge in [0, 0.05) is 6.42 Å². The molecule has 0 aromatic heterocycles. The van der Waals surface area contributed by atoms with E-state index in [-0.39, 0.29) is 11.6 Å². The summed E-state index contributed by atoms with van der Waals surface area (Å²) in [5, 5.41) is 0. The number of ether oxygens (including phenoxy) is 1. The molecule has 0 saturated heterocycles. The lowest BCUT2D eigenvalue weighted by Gasteiger charge is -2.11. The van der Waals surface area contributed by atoms with Gasteiger partial charge in [0.15, 0.2) is 5.78 Å². The van der Waals surface area contributed by atoms with E-state index in [2.05, 4.69) is 0 Å². The Bertz CT molecular complexity index is 605. The molecule has 19 heavy (non-hydrogen) atoms. The predicted molar refractivity (Wildman–Crippen MR) is 72.3 cm³/mol. The maximum atomic E-state index is 13.0. The van der Waals surface area contributed by atoms with Crippen molar-refractivity contribution in [2.75, 3.05) is 0 Å². The van der Waals surface area contributed by atoms with Crippen LogP contribution in [0.5, 0.6) is 11.5 Å². The lowest BCUT2D eigenvalue weighted by atomic mass is 10.1. The Balaban J connectivity index is 2.35. The fourth-order valence-electron chi connectivity index (χ4n) is 1.82. The highest BCUT2D eigenvalue weighted by Gasteiger charge is 2.11. The van der Waals surface area contributed by atoms with E-state index < -0.39 is 0 Å². The maximum Gasteiger partial charge on any atom is 0.166 e. The van der Waals surface area contributed by atoms with E-state index in [1.807, 2.05) is 6.92 Å². The van der Waals surface area contributed by atoms with Crippen LogP contribution in [-0.2, 0) is 0 Å². The van der Waals surface area contributed by atoms with Gasteiger partial charge in [-0.15, -0.1) is 0 Å². The van der Waals surface area contributed by atoms with Crippen LogP contribution in [-0.4, -0.2) is 5.78 Å². The lowest BCUT2D eigenvalue weighted by Crippen LogP contribution is -2.00. The molecule has 0 fully saturated rings. The van der Waals surface area contributed by atoms with Crippen LogP contribution in [0.15, 0.2) is 42.5 Å². The third kappa shape index (κ3) is 2.99. The summed E-state index contributed by atoms with van der Waals surface area (Å²) >= 11 is 0. The summed E-state index contributed by atoms with van der Waals surface area (Å²) < 4.78 is 18.8. The molecule has 3 heteroatoms. The Labute approximate surface area is 111 Å². The molecule has 0 radical (unpaired) electrons. The molecular formula is C16H15FO2. The quantitative estimate of drug-likeness (QED) is 0.754. The number of carbonyl (C=O) groups is 1. The summed E-state index contributed by atoms with van der Waals surface area (Å²) in [7, 11) is 0. The van der Waals surface area contributed by atoms with Gasteiger partial charge in [-0.3, -0.25) is 4.79 Å². The monoisotopic (exact) mass is 258 g/mol. The Morgan fingerprint density at radius 2 is 1.89 bits per heavy atom. The van der Waals surface area contributed by atoms with Crippen molar-refractivity contribution >= 4 is 5.78 Å². The van der Waals surface area contributed by atoms with Crippen molar-refractivity contribution in [1.29, 1.82) is 0 Å². The maximum absolute atomic E-state index is 13.0. The van der Waals surface area contributed by atoms with Crippen LogP contribution in [0, 0.1) is 12.7 Å². The van der Waals surface area contributed by atoms with Gasteiger partial charge in [0.2, 0.25) is 0 Å². The van der Waals surface area contributed by atoms with Crippen molar-refractivity contribution in [3.63, 3.8) is 0 Å². The molecule has 0 aliphatic carbocycles. The fraction of sp³-hybridized carbons (Fsp3) is 0.188. The largest absolute Gasteiger partial charge is 0.456 e. The van der Waals surface area contributed by atoms with E-state index in [4.69, 9.17) is 4.74 Å². The van der Waals surface area contributed by atoms with Crippen molar-refractivity contribution in [3.8, 4) is 11.5 Å². The van der Waals surface area contributed by atoms with Gasteiger partial charge in [0.1, 0.15) is 17.3 Å². The van der Waals surface area contributed by atoms with Gasteiger partial charge in [-0.2, -0.15) is 0 Å². The van der Waals surface area contributed by atoms with Crippen molar-refractivity contribution < 1.29 is 13.9 Å². The Morgan fingerprint density at radius 3 is 2.58 bits per heavy atom. The molecule has 0 atom stereocenters. The molecule has 0 aliphatic heterocycles. The van der Waals surface area contributed by atoms with Gasteiger partial charge in [-0.25, -0.2) is 4.39 Å². The highest BCUT2D eigenvalue weighted by Crippen LogP contribution is 2.28. The first-order chi connectivity index (χ1) is 9.11. The molecule has 98 valence electrons. The van der Waals surface area contributed by atoms with Crippen LogP contribution < -0.4 is 4.74 Å². The number of hydrogen-bond donors (Lipinski definition) is 0. The molecule has 0 heterocycles. The first-order valence-corrected chi connectivity index (χ1v) is 6.18. The van der Waals surface area contributed by atoms with E-state index in [9.17, 15) is 9.18 Å². The second-order valence-electron chi connectivity index (χ2n) is 4.28. The Morgan fingerprint density at radius 1 is 1.16 bits per heavy atom. The average molecular weight is 258 g/mol. The molecule has 0 aliphatic rings. The molecule has 0 bridgehead atoms. The standard InChI is InChI=1S/C16H15FO2/c1-3-14(18)13-6-4-5-7-16(13)19-15-9-8-12(17)10-11(15)2/h4-10H,3H2,1-2H3. The molecule has 2 aromatic carbocycles. The first kappa shape index (κ1) is 13.3. The first-order valence-electron chi connectivity index (χ1n) is 6.18. The number of benzene rings is 2. The van der Waals surface area contributed by atoms with E-state index in [1.165, 1.54) is 12.1 Å². The molecule has 2 aromatic rings. The van der Waals surface area contributed by atoms with E-state index in [0.29, 0.717) is 29.0 Å². The van der Waals surface area contributed by atoms with Gasteiger partial charge < -0.3 is 4.74 Å². The molecule has 0 N–H and O–H groups in total. The Hall–Kier alpha value is -2.16. The summed E-state index contributed by atoms with van der Waals surface area (Å²) in [4.78, 5) is 11.8. The van der Waals surface area contributed by atoms with Crippen molar-refractivity contribution in [1.82, 2.24) is 0 Å². The number of halogens is 1. The highest BCUT2D eigenvalue weighted by atomic mass is 19.1. The molecule has 0 amide bonds. The molecule has 2 nitrogen and oxygen atoms in total. The summed E-state index contributed by atoms with van der Waals surface area (Å²) in [5.74, 6) is 0.778. The number of carbonyl (C=O) groups excluding carboxylic acids is 1. The van der Waals surface area contributed by atoms with Crippen LogP contribution in [0.25, 0.3) is 0 Å². The number of Topliss-reactive ketones (excluding diaryl/α,β-unsaturated/α-hetero) is 1. The van der Waals surface area contributed by atoms with Crippen molar-refractivity contribution in [3.05, 3.63) is 59.4 Å². The zero-order valence-electron chi connectivity index (χ0n) is 10.9. The van der Waals surface area contributed by atoms with Gasteiger partial charge in [-0.1, -0.05) is 19.1 Å². The van der Waals surface area contributed by atoms with Crippen LogP contribution in [0.2, 0.25) is 0 Å². The zero-order valence-corrected chi connectivity index (χ0v) is 10.9. The van der Waals surface area contributed by atoms with Gasteiger partial charge >= 0.3 is 0 Å². The summed E-state index contributed by atoms with van der Waals surface area (Å²) in [6.07, 6.45) is 0.419. The van der Waals surface area contributed by atoms with Crippen LogP contribution in [0.4, 0.5) is 4.39 Å². The lowest BCUT2D eigenvalue weighted by molar-refractivity contribution is 0.0986. The number of rotatable bonds is 4. The second-order valence-corrected chi connectivity index (χ2v) is 4.28. The highest BCUT2D eigenvalue weighted by molar-refractivity contribution is 5.98. The molecule has 2 rings (SSSR count). The topological polar surface area (TPSA) is 26.3 Å². The third-order valence-corrected chi connectivity index (χ3v) is 2.87. The van der Waals surface area contributed by atoms with E-state index in [1.54, 1.807) is 37.3 Å².